The van der Waals surface area contributed by atoms with Gasteiger partial charge in [-0.25, -0.2) is 0 Å². The predicted molar refractivity (Wildman–Crippen MR) is 106 cm³/mol. The van der Waals surface area contributed by atoms with E-state index in [-0.39, 0.29) is 5.91 Å². The molecule has 2 aromatic heterocycles. The summed E-state index contributed by atoms with van der Waals surface area (Å²) in [6.45, 7) is 8.10. The summed E-state index contributed by atoms with van der Waals surface area (Å²) in [5.41, 5.74) is 5.60. The Balaban J connectivity index is 1.69. The van der Waals surface area contributed by atoms with Crippen LogP contribution in [0.3, 0.4) is 0 Å². The summed E-state index contributed by atoms with van der Waals surface area (Å²) in [6.07, 6.45) is 3.47. The highest BCUT2D eigenvalue weighted by molar-refractivity contribution is 7.99. The van der Waals surface area contributed by atoms with E-state index < -0.39 is 0 Å². The third-order valence-electron chi connectivity index (χ3n) is 5.28. The first-order valence-electron chi connectivity index (χ1n) is 9.21. The Labute approximate surface area is 157 Å². The minimum atomic E-state index is 0.204. The summed E-state index contributed by atoms with van der Waals surface area (Å²) in [5, 5.41) is 10.7. The van der Waals surface area contributed by atoms with Crippen LogP contribution in [0.15, 0.2) is 23.4 Å². The van der Waals surface area contributed by atoms with Crippen molar-refractivity contribution in [3.63, 3.8) is 0 Å². The number of likely N-dealkylation sites (tertiary alicyclic amines) is 1. The molecule has 1 saturated heterocycles. The molecular formula is C20H24N4OS. The molecule has 6 heteroatoms. The lowest BCUT2D eigenvalue weighted by Gasteiger charge is -2.26. The lowest BCUT2D eigenvalue weighted by atomic mass is 10.0. The number of aryl methyl sites for hydroxylation is 3. The number of nitrogens with zero attached hydrogens (tertiary/aromatic N) is 4. The quantitative estimate of drug-likeness (QED) is 0.658. The van der Waals surface area contributed by atoms with E-state index in [1.165, 1.54) is 34.7 Å². The zero-order chi connectivity index (χ0) is 18.3. The normalized spacial score (nSPS) is 15.1. The molecule has 0 bridgehead atoms. The highest BCUT2D eigenvalue weighted by Gasteiger charge is 2.19. The lowest BCUT2D eigenvalue weighted by Crippen LogP contribution is -2.36. The summed E-state index contributed by atoms with van der Waals surface area (Å²) in [5.74, 6) is 0.622. The first-order chi connectivity index (χ1) is 12.5. The topological polar surface area (TPSA) is 50.5 Å². The van der Waals surface area contributed by atoms with Gasteiger partial charge in [0.2, 0.25) is 5.91 Å². The smallest absolute Gasteiger partial charge is 0.233 e. The van der Waals surface area contributed by atoms with Crippen LogP contribution in [0.1, 0.15) is 36.0 Å². The summed E-state index contributed by atoms with van der Waals surface area (Å²) < 4.78 is 2.10. The second kappa shape index (κ2) is 6.91. The molecule has 1 fully saturated rings. The number of pyridine rings is 1. The molecule has 0 spiro atoms. The third kappa shape index (κ3) is 3.07. The summed E-state index contributed by atoms with van der Waals surface area (Å²) in [4.78, 5) is 14.5. The molecule has 1 aliphatic heterocycles. The first-order valence-corrected chi connectivity index (χ1v) is 10.2. The van der Waals surface area contributed by atoms with Gasteiger partial charge in [0, 0.05) is 13.1 Å². The Morgan fingerprint density at radius 3 is 2.46 bits per heavy atom. The van der Waals surface area contributed by atoms with Crippen LogP contribution in [0.5, 0.6) is 0 Å². The number of aromatic nitrogens is 3. The van der Waals surface area contributed by atoms with E-state index in [0.717, 1.165) is 47.8 Å². The van der Waals surface area contributed by atoms with Crippen molar-refractivity contribution < 1.29 is 4.79 Å². The highest BCUT2D eigenvalue weighted by atomic mass is 32.2. The number of hydrogen-bond donors (Lipinski definition) is 0. The van der Waals surface area contributed by atoms with Crippen molar-refractivity contribution >= 4 is 34.2 Å². The van der Waals surface area contributed by atoms with E-state index in [4.69, 9.17) is 0 Å². The van der Waals surface area contributed by atoms with Crippen molar-refractivity contribution in [1.82, 2.24) is 19.5 Å². The molecule has 26 heavy (non-hydrogen) atoms. The SMILES string of the molecule is Cc1cc2cc(C)c3nnc(SCC(=O)N4CCCCC4)n3c2cc1C. The van der Waals surface area contributed by atoms with E-state index in [1.54, 1.807) is 0 Å². The Hall–Kier alpha value is -2.08. The van der Waals surface area contributed by atoms with E-state index in [1.807, 2.05) is 4.90 Å². The van der Waals surface area contributed by atoms with Gasteiger partial charge < -0.3 is 4.90 Å². The number of benzene rings is 1. The first kappa shape index (κ1) is 17.3. The van der Waals surface area contributed by atoms with Gasteiger partial charge in [0.1, 0.15) is 0 Å². The largest absolute Gasteiger partial charge is 0.342 e. The van der Waals surface area contributed by atoms with Crippen LogP contribution in [0, 0.1) is 20.8 Å². The zero-order valence-electron chi connectivity index (χ0n) is 15.6. The summed E-state index contributed by atoms with van der Waals surface area (Å²) in [6, 6.07) is 6.57. The van der Waals surface area contributed by atoms with E-state index in [2.05, 4.69) is 53.6 Å². The van der Waals surface area contributed by atoms with E-state index in [0.29, 0.717) is 5.75 Å². The van der Waals surface area contributed by atoms with Crippen molar-refractivity contribution in [2.45, 2.75) is 45.2 Å². The molecule has 1 amide bonds. The molecular weight excluding hydrogens is 344 g/mol. The van der Waals surface area contributed by atoms with Crippen LogP contribution in [0.4, 0.5) is 0 Å². The van der Waals surface area contributed by atoms with Gasteiger partial charge in [-0.2, -0.15) is 0 Å². The number of piperidine rings is 1. The van der Waals surface area contributed by atoms with Crippen molar-refractivity contribution in [3.8, 4) is 0 Å². The van der Waals surface area contributed by atoms with Gasteiger partial charge >= 0.3 is 0 Å². The summed E-state index contributed by atoms with van der Waals surface area (Å²) >= 11 is 1.49. The Kier molecular flexibility index (Phi) is 4.61. The molecule has 0 saturated carbocycles. The van der Waals surface area contributed by atoms with Crippen LogP contribution in [0.2, 0.25) is 0 Å². The molecule has 0 atom stereocenters. The van der Waals surface area contributed by atoms with Gasteiger partial charge in [0.05, 0.1) is 11.3 Å². The molecule has 0 aliphatic carbocycles. The van der Waals surface area contributed by atoms with Gasteiger partial charge in [-0.1, -0.05) is 11.8 Å². The maximum Gasteiger partial charge on any atom is 0.233 e. The van der Waals surface area contributed by atoms with Crippen LogP contribution in [-0.4, -0.2) is 44.2 Å². The predicted octanol–water partition coefficient (Wildman–Crippen LogP) is 3.91. The van der Waals surface area contributed by atoms with Crippen molar-refractivity contribution in [2.75, 3.05) is 18.8 Å². The van der Waals surface area contributed by atoms with Crippen molar-refractivity contribution in [1.29, 1.82) is 0 Å². The standard InChI is InChI=1S/C20H24N4OS/c1-13-9-16-10-15(3)19-21-22-20(24(19)17(16)11-14(13)2)26-12-18(25)23-7-5-4-6-8-23/h9-11H,4-8,12H2,1-3H3. The van der Waals surface area contributed by atoms with Gasteiger partial charge in [-0.3, -0.25) is 9.20 Å². The second-order valence-electron chi connectivity index (χ2n) is 7.19. The molecule has 3 heterocycles. The average molecular weight is 369 g/mol. The number of carbonyl (C=O) groups is 1. The van der Waals surface area contributed by atoms with Crippen molar-refractivity contribution in [2.24, 2.45) is 0 Å². The number of hydrogen-bond acceptors (Lipinski definition) is 4. The molecule has 3 aromatic rings. The molecule has 4 rings (SSSR count). The Morgan fingerprint density at radius 1 is 1.00 bits per heavy atom. The average Bonchev–Trinajstić information content (AvgIpc) is 3.07. The molecule has 1 aromatic carbocycles. The van der Waals surface area contributed by atoms with Crippen molar-refractivity contribution in [3.05, 3.63) is 34.9 Å². The number of rotatable bonds is 3. The van der Waals surface area contributed by atoms with Gasteiger partial charge in [-0.05, 0) is 80.3 Å². The van der Waals surface area contributed by atoms with Gasteiger partial charge in [-0.15, -0.1) is 10.2 Å². The Bertz CT molecular complexity index is 989. The second-order valence-corrected chi connectivity index (χ2v) is 8.14. The van der Waals surface area contributed by atoms with E-state index in [9.17, 15) is 4.79 Å². The van der Waals surface area contributed by atoms with Gasteiger partial charge in [0.15, 0.2) is 10.8 Å². The number of fused-ring (bicyclic) bond motifs is 3. The molecule has 1 aliphatic rings. The molecule has 0 N–H and O–H groups in total. The maximum atomic E-state index is 12.5. The monoisotopic (exact) mass is 368 g/mol. The number of thioether (sulfide) groups is 1. The molecule has 5 nitrogen and oxygen atoms in total. The minimum Gasteiger partial charge on any atom is -0.342 e. The minimum absolute atomic E-state index is 0.204. The highest BCUT2D eigenvalue weighted by Crippen LogP contribution is 2.28. The fourth-order valence-electron chi connectivity index (χ4n) is 3.63. The van der Waals surface area contributed by atoms with E-state index >= 15 is 0 Å². The summed E-state index contributed by atoms with van der Waals surface area (Å²) in [7, 11) is 0. The van der Waals surface area contributed by atoms with Crippen LogP contribution in [-0.2, 0) is 4.79 Å². The third-order valence-corrected chi connectivity index (χ3v) is 6.19. The Morgan fingerprint density at radius 2 is 1.69 bits per heavy atom. The maximum absolute atomic E-state index is 12.5. The molecule has 0 radical (unpaired) electrons. The fourth-order valence-corrected chi connectivity index (χ4v) is 4.47. The zero-order valence-corrected chi connectivity index (χ0v) is 16.4. The fraction of sp³-hybridized carbons (Fsp3) is 0.450. The molecule has 136 valence electrons. The lowest BCUT2D eigenvalue weighted by molar-refractivity contribution is -0.129. The number of amides is 1. The van der Waals surface area contributed by atoms with Crippen LogP contribution < -0.4 is 0 Å². The van der Waals surface area contributed by atoms with Crippen LogP contribution in [0.25, 0.3) is 16.6 Å². The number of carbonyl (C=O) groups excluding carboxylic acids is 1. The van der Waals surface area contributed by atoms with Gasteiger partial charge in [0.25, 0.3) is 0 Å². The van der Waals surface area contributed by atoms with Crippen LogP contribution >= 0.6 is 11.8 Å². The molecule has 0 unspecified atom stereocenters.